The van der Waals surface area contributed by atoms with Gasteiger partial charge in [-0.3, -0.25) is 4.79 Å². The fourth-order valence-corrected chi connectivity index (χ4v) is 1.95. The molecule has 1 N–H and O–H groups in total. The van der Waals surface area contributed by atoms with Crippen LogP contribution in [-0.2, 0) is 4.79 Å². The summed E-state index contributed by atoms with van der Waals surface area (Å²) in [5.41, 5.74) is 0. The molecule has 1 heterocycles. The number of halogens is 2. The van der Waals surface area contributed by atoms with Gasteiger partial charge >= 0.3 is 0 Å². The highest BCUT2D eigenvalue weighted by Crippen LogP contribution is 2.17. The van der Waals surface area contributed by atoms with Gasteiger partial charge in [0.2, 0.25) is 5.91 Å². The van der Waals surface area contributed by atoms with Crippen LogP contribution in [0, 0.1) is 11.8 Å². The van der Waals surface area contributed by atoms with Crippen LogP contribution in [0.15, 0.2) is 0 Å². The van der Waals surface area contributed by atoms with E-state index in [0.29, 0.717) is 12.5 Å². The highest BCUT2D eigenvalue weighted by atomic mass is 19.3. The second-order valence-corrected chi connectivity index (χ2v) is 4.31. The van der Waals surface area contributed by atoms with Crippen LogP contribution in [0.2, 0.25) is 0 Å². The molecule has 2 unspecified atom stereocenters. The largest absolute Gasteiger partial charge is 0.340 e. The highest BCUT2D eigenvalue weighted by molar-refractivity contribution is 5.79. The number of piperidine rings is 1. The maximum atomic E-state index is 12.1. The normalized spacial score (nSPS) is 26.7. The number of carbonyl (C=O) groups is 1. The Morgan fingerprint density at radius 2 is 2.20 bits per heavy atom. The molecular weight excluding hydrogens is 202 g/mol. The molecule has 88 valence electrons. The van der Waals surface area contributed by atoms with E-state index in [4.69, 9.17) is 0 Å². The van der Waals surface area contributed by atoms with Crippen LogP contribution in [0.1, 0.15) is 13.3 Å². The van der Waals surface area contributed by atoms with Crippen LogP contribution in [0.3, 0.4) is 0 Å². The quantitative estimate of drug-likeness (QED) is 0.768. The van der Waals surface area contributed by atoms with Gasteiger partial charge in [-0.2, -0.15) is 0 Å². The molecule has 0 aromatic carbocycles. The topological polar surface area (TPSA) is 32.3 Å². The van der Waals surface area contributed by atoms with Crippen LogP contribution >= 0.6 is 0 Å². The van der Waals surface area contributed by atoms with Gasteiger partial charge in [0.15, 0.2) is 0 Å². The van der Waals surface area contributed by atoms with Crippen molar-refractivity contribution < 1.29 is 13.6 Å². The van der Waals surface area contributed by atoms with E-state index >= 15 is 0 Å². The van der Waals surface area contributed by atoms with Crippen LogP contribution < -0.4 is 5.32 Å². The number of amides is 1. The maximum absolute atomic E-state index is 12.1. The van der Waals surface area contributed by atoms with Gasteiger partial charge in [-0.15, -0.1) is 0 Å². The molecule has 5 heteroatoms. The lowest BCUT2D eigenvalue weighted by molar-refractivity contribution is -0.136. The predicted octanol–water partition coefficient (Wildman–Crippen LogP) is 0.956. The number of carbonyl (C=O) groups excluding carboxylic acids is 1. The Hall–Kier alpha value is -0.710. The van der Waals surface area contributed by atoms with E-state index in [9.17, 15) is 13.6 Å². The summed E-state index contributed by atoms with van der Waals surface area (Å²) >= 11 is 0. The molecule has 2 atom stereocenters. The summed E-state index contributed by atoms with van der Waals surface area (Å²) in [6.45, 7) is 3.10. The first kappa shape index (κ1) is 12.4. The summed E-state index contributed by atoms with van der Waals surface area (Å²) < 4.78 is 24.2. The van der Waals surface area contributed by atoms with E-state index < -0.39 is 13.0 Å². The predicted molar refractivity (Wildman–Crippen MR) is 53.8 cm³/mol. The van der Waals surface area contributed by atoms with E-state index in [2.05, 4.69) is 12.2 Å². The average Bonchev–Trinajstić information content (AvgIpc) is 2.15. The summed E-state index contributed by atoms with van der Waals surface area (Å²) in [5, 5.41) is 3.14. The molecule has 0 spiro atoms. The van der Waals surface area contributed by atoms with Crippen LogP contribution in [-0.4, -0.2) is 43.9 Å². The molecule has 1 aliphatic rings. The van der Waals surface area contributed by atoms with Gasteiger partial charge in [0.05, 0.1) is 12.5 Å². The number of hydrogen-bond acceptors (Lipinski definition) is 2. The standard InChI is InChI=1S/C10H18F2N2O/c1-7-3-8(5-13-4-7)10(15)14(2)6-9(11)12/h7-9,13H,3-6H2,1-2H3. The molecule has 15 heavy (non-hydrogen) atoms. The van der Waals surface area contributed by atoms with Crippen molar-refractivity contribution in [2.45, 2.75) is 19.8 Å². The smallest absolute Gasteiger partial charge is 0.255 e. The van der Waals surface area contributed by atoms with Crippen molar-refractivity contribution >= 4 is 5.91 Å². The molecule has 1 fully saturated rings. The monoisotopic (exact) mass is 220 g/mol. The maximum Gasteiger partial charge on any atom is 0.255 e. The Morgan fingerprint density at radius 1 is 1.53 bits per heavy atom. The van der Waals surface area contributed by atoms with E-state index in [0.717, 1.165) is 17.9 Å². The lowest BCUT2D eigenvalue weighted by atomic mass is 9.91. The van der Waals surface area contributed by atoms with Gasteiger partial charge < -0.3 is 10.2 Å². The minimum absolute atomic E-state index is 0.141. The second-order valence-electron chi connectivity index (χ2n) is 4.31. The van der Waals surface area contributed by atoms with E-state index in [-0.39, 0.29) is 11.8 Å². The third-order valence-electron chi connectivity index (χ3n) is 2.71. The van der Waals surface area contributed by atoms with Crippen molar-refractivity contribution in [2.24, 2.45) is 11.8 Å². The molecule has 1 amide bonds. The number of nitrogens with zero attached hydrogens (tertiary/aromatic N) is 1. The first-order valence-electron chi connectivity index (χ1n) is 5.24. The number of rotatable bonds is 3. The lowest BCUT2D eigenvalue weighted by Crippen LogP contribution is -2.45. The van der Waals surface area contributed by atoms with E-state index in [1.165, 1.54) is 7.05 Å². The zero-order valence-electron chi connectivity index (χ0n) is 9.17. The minimum atomic E-state index is -2.45. The molecule has 0 aromatic heterocycles. The summed E-state index contributed by atoms with van der Waals surface area (Å²) in [6.07, 6.45) is -1.66. The molecule has 1 saturated heterocycles. The average molecular weight is 220 g/mol. The Bertz CT molecular complexity index is 223. The molecule has 0 saturated carbocycles. The summed E-state index contributed by atoms with van der Waals surface area (Å²) in [4.78, 5) is 12.9. The molecule has 0 bridgehead atoms. The van der Waals surface area contributed by atoms with Gasteiger partial charge in [-0.25, -0.2) is 8.78 Å². The summed E-state index contributed by atoms with van der Waals surface area (Å²) in [6, 6.07) is 0. The van der Waals surface area contributed by atoms with Gasteiger partial charge in [0.25, 0.3) is 6.43 Å². The number of nitrogens with one attached hydrogen (secondary N) is 1. The van der Waals surface area contributed by atoms with Gasteiger partial charge in [0.1, 0.15) is 0 Å². The highest BCUT2D eigenvalue weighted by Gasteiger charge is 2.27. The van der Waals surface area contributed by atoms with Crippen LogP contribution in [0.5, 0.6) is 0 Å². The molecule has 0 aromatic rings. The third-order valence-corrected chi connectivity index (χ3v) is 2.71. The second kappa shape index (κ2) is 5.39. The number of alkyl halides is 2. The molecular formula is C10H18F2N2O. The SMILES string of the molecule is CC1CNCC(C(=O)N(C)CC(F)F)C1. The van der Waals surface area contributed by atoms with Crippen molar-refractivity contribution in [3.8, 4) is 0 Å². The van der Waals surface area contributed by atoms with Crippen molar-refractivity contribution in [1.82, 2.24) is 10.2 Å². The van der Waals surface area contributed by atoms with E-state index in [1.807, 2.05) is 0 Å². The zero-order chi connectivity index (χ0) is 11.4. The van der Waals surface area contributed by atoms with E-state index in [1.54, 1.807) is 0 Å². The fraction of sp³-hybridized carbons (Fsp3) is 0.900. The van der Waals surface area contributed by atoms with Crippen molar-refractivity contribution in [3.05, 3.63) is 0 Å². The Balaban J connectivity index is 2.44. The van der Waals surface area contributed by atoms with Gasteiger partial charge in [0, 0.05) is 13.6 Å². The minimum Gasteiger partial charge on any atom is -0.340 e. The van der Waals surface area contributed by atoms with Crippen molar-refractivity contribution in [3.63, 3.8) is 0 Å². The lowest BCUT2D eigenvalue weighted by Gasteiger charge is -2.30. The molecule has 3 nitrogen and oxygen atoms in total. The first-order chi connectivity index (χ1) is 7.00. The van der Waals surface area contributed by atoms with Gasteiger partial charge in [-0.1, -0.05) is 6.92 Å². The molecule has 1 rings (SSSR count). The molecule has 0 aliphatic carbocycles. The summed E-state index contributed by atoms with van der Waals surface area (Å²) in [5.74, 6) is 0.125. The zero-order valence-corrected chi connectivity index (χ0v) is 9.17. The van der Waals surface area contributed by atoms with Crippen LogP contribution in [0.4, 0.5) is 8.78 Å². The van der Waals surface area contributed by atoms with Crippen molar-refractivity contribution in [2.75, 3.05) is 26.7 Å². The Labute approximate surface area is 88.8 Å². The third kappa shape index (κ3) is 3.74. The fourth-order valence-electron chi connectivity index (χ4n) is 1.95. The Morgan fingerprint density at radius 3 is 2.73 bits per heavy atom. The number of hydrogen-bond donors (Lipinski definition) is 1. The van der Waals surface area contributed by atoms with Gasteiger partial charge in [-0.05, 0) is 18.9 Å². The van der Waals surface area contributed by atoms with Crippen LogP contribution in [0.25, 0.3) is 0 Å². The first-order valence-corrected chi connectivity index (χ1v) is 5.24. The van der Waals surface area contributed by atoms with Crippen molar-refractivity contribution in [1.29, 1.82) is 0 Å². The molecule has 1 aliphatic heterocycles. The molecule has 0 radical (unpaired) electrons. The Kier molecular flexibility index (Phi) is 4.45. The summed E-state index contributed by atoms with van der Waals surface area (Å²) in [7, 11) is 1.44.